The van der Waals surface area contributed by atoms with Crippen LogP contribution in [0.25, 0.3) is 10.8 Å². The number of carbonyl (C=O) groups excluding carboxylic acids is 1. The summed E-state index contributed by atoms with van der Waals surface area (Å²) in [5.41, 5.74) is 0.727. The highest BCUT2D eigenvalue weighted by molar-refractivity contribution is 7.13. The number of carbonyl (C=O) groups is 1. The van der Waals surface area contributed by atoms with E-state index in [4.69, 9.17) is 4.42 Å². The SMILES string of the molecule is O=C(Cc1csc(-c2ccco2)n1)Nc1nccs1. The van der Waals surface area contributed by atoms with Crippen molar-refractivity contribution in [3.8, 4) is 10.8 Å². The molecule has 0 saturated carbocycles. The molecule has 0 atom stereocenters. The molecular weight excluding hydrogens is 282 g/mol. The fraction of sp³-hybridized carbons (Fsp3) is 0.0833. The van der Waals surface area contributed by atoms with E-state index in [1.165, 1.54) is 22.7 Å². The summed E-state index contributed by atoms with van der Waals surface area (Å²) in [6.45, 7) is 0. The third kappa shape index (κ3) is 2.88. The Morgan fingerprint density at radius 3 is 3.11 bits per heavy atom. The molecule has 0 unspecified atom stereocenters. The number of nitrogens with one attached hydrogen (secondary N) is 1. The van der Waals surface area contributed by atoms with Crippen molar-refractivity contribution < 1.29 is 9.21 Å². The third-order valence-corrected chi connectivity index (χ3v) is 3.90. The van der Waals surface area contributed by atoms with Crippen LogP contribution >= 0.6 is 22.7 Å². The molecule has 0 aliphatic rings. The van der Waals surface area contributed by atoms with Gasteiger partial charge in [0.15, 0.2) is 15.9 Å². The van der Waals surface area contributed by atoms with E-state index < -0.39 is 0 Å². The first-order chi connectivity index (χ1) is 9.31. The minimum Gasteiger partial charge on any atom is -0.462 e. The zero-order valence-corrected chi connectivity index (χ0v) is 11.3. The Balaban J connectivity index is 1.65. The Labute approximate surface area is 117 Å². The number of hydrogen-bond acceptors (Lipinski definition) is 6. The van der Waals surface area contributed by atoms with E-state index in [1.807, 2.05) is 22.9 Å². The number of amides is 1. The lowest BCUT2D eigenvalue weighted by Crippen LogP contribution is -2.14. The van der Waals surface area contributed by atoms with E-state index in [9.17, 15) is 4.79 Å². The maximum Gasteiger partial charge on any atom is 0.232 e. The molecular formula is C12H9N3O2S2. The number of nitrogens with zero attached hydrogens (tertiary/aromatic N) is 2. The summed E-state index contributed by atoms with van der Waals surface area (Å²) in [5, 5.41) is 7.78. The van der Waals surface area contributed by atoms with Gasteiger partial charge in [0.2, 0.25) is 5.91 Å². The lowest BCUT2D eigenvalue weighted by Gasteiger charge is -1.98. The lowest BCUT2D eigenvalue weighted by molar-refractivity contribution is -0.115. The Bertz CT molecular complexity index is 659. The predicted molar refractivity (Wildman–Crippen MR) is 74.3 cm³/mol. The number of anilines is 1. The molecule has 0 aliphatic carbocycles. The fourth-order valence-corrected chi connectivity index (χ4v) is 2.85. The highest BCUT2D eigenvalue weighted by Crippen LogP contribution is 2.24. The van der Waals surface area contributed by atoms with E-state index in [-0.39, 0.29) is 12.3 Å². The topological polar surface area (TPSA) is 68.0 Å². The molecule has 0 bridgehead atoms. The van der Waals surface area contributed by atoms with Crippen molar-refractivity contribution in [2.75, 3.05) is 5.32 Å². The average Bonchev–Trinajstić information content (AvgIpc) is 3.09. The summed E-state index contributed by atoms with van der Waals surface area (Å²) < 4.78 is 5.26. The minimum absolute atomic E-state index is 0.119. The summed E-state index contributed by atoms with van der Waals surface area (Å²) in [4.78, 5) is 20.1. The quantitative estimate of drug-likeness (QED) is 0.802. The van der Waals surface area contributed by atoms with Gasteiger partial charge in [0.25, 0.3) is 0 Å². The third-order valence-electron chi connectivity index (χ3n) is 2.30. The van der Waals surface area contributed by atoms with Crippen LogP contribution in [0.4, 0.5) is 5.13 Å². The molecule has 7 heteroatoms. The molecule has 3 rings (SSSR count). The van der Waals surface area contributed by atoms with Gasteiger partial charge >= 0.3 is 0 Å². The molecule has 1 N–H and O–H groups in total. The normalized spacial score (nSPS) is 10.5. The molecule has 96 valence electrons. The van der Waals surface area contributed by atoms with Crippen molar-refractivity contribution in [2.45, 2.75) is 6.42 Å². The Morgan fingerprint density at radius 2 is 2.37 bits per heavy atom. The van der Waals surface area contributed by atoms with Gasteiger partial charge in [0.05, 0.1) is 18.4 Å². The van der Waals surface area contributed by atoms with Crippen LogP contribution in [0.15, 0.2) is 39.8 Å². The average molecular weight is 291 g/mol. The predicted octanol–water partition coefficient (Wildman–Crippen LogP) is 3.04. The second-order valence-electron chi connectivity index (χ2n) is 3.68. The zero-order chi connectivity index (χ0) is 13.1. The molecule has 0 aromatic carbocycles. The summed E-state index contributed by atoms with van der Waals surface area (Å²) in [6, 6.07) is 3.66. The first-order valence-electron chi connectivity index (χ1n) is 5.49. The molecule has 0 aliphatic heterocycles. The van der Waals surface area contributed by atoms with Gasteiger partial charge in [-0.3, -0.25) is 4.79 Å². The highest BCUT2D eigenvalue weighted by Gasteiger charge is 2.11. The molecule has 0 fully saturated rings. The van der Waals surface area contributed by atoms with Crippen LogP contribution in [-0.2, 0) is 11.2 Å². The smallest absolute Gasteiger partial charge is 0.232 e. The lowest BCUT2D eigenvalue weighted by atomic mass is 10.3. The van der Waals surface area contributed by atoms with Crippen LogP contribution in [0.2, 0.25) is 0 Å². The van der Waals surface area contributed by atoms with Gasteiger partial charge in [-0.2, -0.15) is 0 Å². The summed E-state index contributed by atoms with van der Waals surface area (Å²) in [6.07, 6.45) is 3.49. The van der Waals surface area contributed by atoms with E-state index in [1.54, 1.807) is 12.5 Å². The highest BCUT2D eigenvalue weighted by atomic mass is 32.1. The Morgan fingerprint density at radius 1 is 1.42 bits per heavy atom. The van der Waals surface area contributed by atoms with Crippen LogP contribution < -0.4 is 5.32 Å². The number of thiazole rings is 2. The molecule has 0 radical (unpaired) electrons. The second kappa shape index (κ2) is 5.33. The Hall–Kier alpha value is -1.99. The fourth-order valence-electron chi connectivity index (χ4n) is 1.51. The first-order valence-corrected chi connectivity index (χ1v) is 7.25. The van der Waals surface area contributed by atoms with E-state index in [0.717, 1.165) is 16.5 Å². The van der Waals surface area contributed by atoms with E-state index >= 15 is 0 Å². The van der Waals surface area contributed by atoms with Crippen LogP contribution in [0.3, 0.4) is 0 Å². The van der Waals surface area contributed by atoms with Gasteiger partial charge < -0.3 is 9.73 Å². The van der Waals surface area contributed by atoms with Gasteiger partial charge in [-0.1, -0.05) is 0 Å². The number of aromatic nitrogens is 2. The van der Waals surface area contributed by atoms with Gasteiger partial charge in [-0.05, 0) is 12.1 Å². The number of hydrogen-bond donors (Lipinski definition) is 1. The Kier molecular flexibility index (Phi) is 3.39. The van der Waals surface area contributed by atoms with Crippen molar-refractivity contribution in [1.29, 1.82) is 0 Å². The van der Waals surface area contributed by atoms with E-state index in [0.29, 0.717) is 5.13 Å². The maximum absolute atomic E-state index is 11.8. The van der Waals surface area contributed by atoms with Crippen molar-refractivity contribution in [1.82, 2.24) is 9.97 Å². The molecule has 5 nitrogen and oxygen atoms in total. The summed E-state index contributed by atoms with van der Waals surface area (Å²) >= 11 is 2.85. The van der Waals surface area contributed by atoms with Crippen molar-refractivity contribution in [3.05, 3.63) is 41.0 Å². The van der Waals surface area contributed by atoms with Gasteiger partial charge in [-0.15, -0.1) is 22.7 Å². The van der Waals surface area contributed by atoms with Gasteiger partial charge in [0.1, 0.15) is 0 Å². The molecule has 3 aromatic heterocycles. The monoisotopic (exact) mass is 291 g/mol. The van der Waals surface area contributed by atoms with E-state index in [2.05, 4.69) is 15.3 Å². The first kappa shape index (κ1) is 12.1. The maximum atomic E-state index is 11.8. The molecule has 3 heterocycles. The van der Waals surface area contributed by atoms with Gasteiger partial charge in [0, 0.05) is 17.0 Å². The zero-order valence-electron chi connectivity index (χ0n) is 9.70. The number of furan rings is 1. The number of rotatable bonds is 4. The van der Waals surface area contributed by atoms with Crippen molar-refractivity contribution in [2.24, 2.45) is 0 Å². The minimum atomic E-state index is -0.119. The summed E-state index contributed by atoms with van der Waals surface area (Å²) in [7, 11) is 0. The van der Waals surface area contributed by atoms with Crippen LogP contribution in [0, 0.1) is 0 Å². The van der Waals surface area contributed by atoms with Crippen molar-refractivity contribution >= 4 is 33.7 Å². The molecule has 0 saturated heterocycles. The summed E-state index contributed by atoms with van der Waals surface area (Å²) in [5.74, 6) is 0.600. The van der Waals surface area contributed by atoms with Crippen LogP contribution in [0.1, 0.15) is 5.69 Å². The van der Waals surface area contributed by atoms with Gasteiger partial charge in [-0.25, -0.2) is 9.97 Å². The largest absolute Gasteiger partial charge is 0.462 e. The molecule has 19 heavy (non-hydrogen) atoms. The molecule has 3 aromatic rings. The van der Waals surface area contributed by atoms with Crippen LogP contribution in [-0.4, -0.2) is 15.9 Å². The van der Waals surface area contributed by atoms with Crippen LogP contribution in [0.5, 0.6) is 0 Å². The second-order valence-corrected chi connectivity index (χ2v) is 5.44. The standard InChI is InChI=1S/C12H9N3O2S2/c16-10(15-12-13-3-5-18-12)6-8-7-19-11(14-8)9-2-1-4-17-9/h1-5,7H,6H2,(H,13,15,16). The molecule has 0 spiro atoms. The van der Waals surface area contributed by atoms with Crippen molar-refractivity contribution in [3.63, 3.8) is 0 Å². The molecule has 1 amide bonds.